The van der Waals surface area contributed by atoms with E-state index >= 15 is 0 Å². The van der Waals surface area contributed by atoms with Gasteiger partial charge in [0.25, 0.3) is 5.69 Å². The van der Waals surface area contributed by atoms with Gasteiger partial charge in [0.15, 0.2) is 0 Å². The molecule has 0 unspecified atom stereocenters. The molecule has 0 spiro atoms. The zero-order chi connectivity index (χ0) is 23.9. The Kier molecular flexibility index (Phi) is 8.44. The molecule has 1 amide bonds. The number of nitrogens with two attached hydrogens (primary N) is 1. The van der Waals surface area contributed by atoms with Gasteiger partial charge in [0.05, 0.1) is 15.4 Å². The third kappa shape index (κ3) is 6.11. The minimum absolute atomic E-state index is 0.00923. The number of carbonyl (C=O) groups is 2. The Morgan fingerprint density at radius 2 is 1.72 bits per heavy atom. The summed E-state index contributed by atoms with van der Waals surface area (Å²) in [7, 11) is -3.55. The molecule has 2 rings (SSSR count). The normalized spacial score (nSPS) is 11.3. The molecule has 2 aromatic rings. The summed E-state index contributed by atoms with van der Waals surface area (Å²) in [5.74, 6) is -1.37. The molecule has 32 heavy (non-hydrogen) atoms. The lowest BCUT2D eigenvalue weighted by atomic mass is 10.1. The summed E-state index contributed by atoms with van der Waals surface area (Å²) in [6, 6.07) is 9.95. The molecule has 0 aliphatic carbocycles. The van der Waals surface area contributed by atoms with Gasteiger partial charge in [-0.1, -0.05) is 26.0 Å². The van der Waals surface area contributed by atoms with Crippen molar-refractivity contribution < 1.29 is 27.7 Å². The number of carbonyl (C=O) groups excluding carboxylic acids is 2. The monoisotopic (exact) mass is 463 g/mol. The molecule has 172 valence electrons. The highest BCUT2D eigenvalue weighted by atomic mass is 32.2. The Labute approximate surface area is 186 Å². The Hall–Kier alpha value is -3.31. The fraction of sp³-hybridized carbons (Fsp3) is 0.333. The Balaban J connectivity index is 1.97. The summed E-state index contributed by atoms with van der Waals surface area (Å²) in [4.78, 5) is 34.0. The van der Waals surface area contributed by atoms with E-state index < -0.39 is 26.8 Å². The van der Waals surface area contributed by atoms with Crippen molar-refractivity contribution in [3.63, 3.8) is 0 Å². The molecular weight excluding hydrogens is 438 g/mol. The van der Waals surface area contributed by atoms with Crippen LogP contribution in [0.2, 0.25) is 0 Å². The molecule has 2 aromatic carbocycles. The maximum atomic E-state index is 12.5. The number of sulfonamides is 1. The summed E-state index contributed by atoms with van der Waals surface area (Å²) < 4.78 is 31.5. The summed E-state index contributed by atoms with van der Waals surface area (Å²) in [5.41, 5.74) is 5.64. The summed E-state index contributed by atoms with van der Waals surface area (Å²) >= 11 is 0. The van der Waals surface area contributed by atoms with Gasteiger partial charge in [-0.2, -0.15) is 4.31 Å². The van der Waals surface area contributed by atoms with Crippen LogP contribution in [0.25, 0.3) is 0 Å². The second-order valence-corrected chi connectivity index (χ2v) is 8.80. The molecular formula is C21H25N3O7S. The van der Waals surface area contributed by atoms with Gasteiger partial charge >= 0.3 is 5.97 Å². The Morgan fingerprint density at radius 3 is 2.25 bits per heavy atom. The maximum Gasteiger partial charge on any atom is 0.306 e. The minimum atomic E-state index is -3.55. The summed E-state index contributed by atoms with van der Waals surface area (Å²) in [6.45, 7) is 3.95. The molecule has 0 atom stereocenters. The Bertz CT molecular complexity index is 1090. The van der Waals surface area contributed by atoms with Crippen LogP contribution in [0.3, 0.4) is 0 Å². The number of benzene rings is 2. The highest BCUT2D eigenvalue weighted by Crippen LogP contribution is 2.22. The van der Waals surface area contributed by atoms with Crippen molar-refractivity contribution in [1.29, 1.82) is 0 Å². The van der Waals surface area contributed by atoms with Crippen LogP contribution in [-0.2, 0) is 32.6 Å². The average molecular weight is 464 g/mol. The van der Waals surface area contributed by atoms with Crippen molar-refractivity contribution in [2.45, 2.75) is 38.2 Å². The van der Waals surface area contributed by atoms with E-state index in [4.69, 9.17) is 10.5 Å². The van der Waals surface area contributed by atoms with Crippen molar-refractivity contribution in [1.82, 2.24) is 4.31 Å². The fourth-order valence-corrected chi connectivity index (χ4v) is 4.48. The molecule has 0 saturated carbocycles. The van der Waals surface area contributed by atoms with Crippen LogP contribution in [-0.4, -0.2) is 42.6 Å². The van der Waals surface area contributed by atoms with Crippen LogP contribution in [0.5, 0.6) is 0 Å². The zero-order valence-corrected chi connectivity index (χ0v) is 18.6. The first-order valence-electron chi connectivity index (χ1n) is 9.92. The van der Waals surface area contributed by atoms with Crippen LogP contribution in [0.1, 0.15) is 41.8 Å². The smallest absolute Gasteiger partial charge is 0.306 e. The van der Waals surface area contributed by atoms with Crippen molar-refractivity contribution in [2.24, 2.45) is 5.73 Å². The Morgan fingerprint density at radius 1 is 1.09 bits per heavy atom. The van der Waals surface area contributed by atoms with Gasteiger partial charge in [0.1, 0.15) is 6.61 Å². The first-order chi connectivity index (χ1) is 15.1. The van der Waals surface area contributed by atoms with Crippen molar-refractivity contribution >= 4 is 27.6 Å². The topological polar surface area (TPSA) is 150 Å². The lowest BCUT2D eigenvalue weighted by Gasteiger charge is -2.18. The van der Waals surface area contributed by atoms with E-state index in [1.165, 1.54) is 28.6 Å². The van der Waals surface area contributed by atoms with Gasteiger partial charge in [-0.25, -0.2) is 8.42 Å². The van der Waals surface area contributed by atoms with Crippen molar-refractivity contribution in [2.75, 3.05) is 13.1 Å². The molecule has 2 N–H and O–H groups in total. The number of nitro benzene ring substituents is 1. The first kappa shape index (κ1) is 25.0. The predicted molar refractivity (Wildman–Crippen MR) is 116 cm³/mol. The number of ether oxygens (including phenoxy) is 1. The number of primary amides is 1. The van der Waals surface area contributed by atoms with Crippen molar-refractivity contribution in [3.8, 4) is 0 Å². The molecule has 0 aliphatic heterocycles. The van der Waals surface area contributed by atoms with Gasteiger partial charge < -0.3 is 10.5 Å². The standard InChI is InChI=1S/C21H25N3O7S/c1-3-23(4-2)32(29,30)18-10-5-15(6-11-18)7-12-20(25)31-14-17-9-8-16(21(22)26)13-19(17)24(27)28/h5-6,8-11,13H,3-4,7,12,14H2,1-2H3,(H2,22,26). The molecule has 0 radical (unpaired) electrons. The van der Waals surface area contributed by atoms with E-state index in [9.17, 15) is 28.1 Å². The number of hydrogen-bond acceptors (Lipinski definition) is 7. The van der Waals surface area contributed by atoms with Crippen molar-refractivity contribution in [3.05, 3.63) is 69.3 Å². The van der Waals surface area contributed by atoms with Gasteiger partial charge in [-0.3, -0.25) is 19.7 Å². The molecule has 10 nitrogen and oxygen atoms in total. The second kappa shape index (κ2) is 10.8. The number of esters is 1. The molecule has 0 bridgehead atoms. The molecule has 0 fully saturated rings. The number of hydrogen-bond donors (Lipinski definition) is 1. The third-order valence-electron chi connectivity index (χ3n) is 4.84. The molecule has 11 heteroatoms. The predicted octanol–water partition coefficient (Wildman–Crippen LogP) is 2.40. The van der Waals surface area contributed by atoms with Gasteiger partial charge in [0.2, 0.25) is 15.9 Å². The number of amides is 1. The largest absolute Gasteiger partial charge is 0.461 e. The number of nitrogens with zero attached hydrogens (tertiary/aromatic N) is 2. The number of aryl methyl sites for hydroxylation is 1. The van der Waals surface area contributed by atoms with Crippen LogP contribution in [0.15, 0.2) is 47.4 Å². The maximum absolute atomic E-state index is 12.5. The molecule has 0 heterocycles. The van der Waals surface area contributed by atoms with E-state index in [1.807, 2.05) is 0 Å². The van der Waals surface area contributed by atoms with Crippen LogP contribution in [0, 0.1) is 10.1 Å². The van der Waals surface area contributed by atoms with Gasteiger partial charge in [-0.05, 0) is 36.2 Å². The SMILES string of the molecule is CCN(CC)S(=O)(=O)c1ccc(CCC(=O)OCc2ccc(C(N)=O)cc2[N+](=O)[O-])cc1. The quantitative estimate of drug-likeness (QED) is 0.305. The average Bonchev–Trinajstić information content (AvgIpc) is 2.76. The van der Waals surface area contributed by atoms with Gasteiger partial charge in [-0.15, -0.1) is 0 Å². The lowest BCUT2D eigenvalue weighted by Crippen LogP contribution is -2.30. The van der Waals surface area contributed by atoms with E-state index in [0.29, 0.717) is 19.5 Å². The van der Waals surface area contributed by atoms with Crippen LogP contribution in [0.4, 0.5) is 5.69 Å². The summed E-state index contributed by atoms with van der Waals surface area (Å²) in [5, 5.41) is 11.2. The molecule has 0 aromatic heterocycles. The first-order valence-corrected chi connectivity index (χ1v) is 11.4. The highest BCUT2D eigenvalue weighted by molar-refractivity contribution is 7.89. The molecule has 0 aliphatic rings. The van der Waals surface area contributed by atoms with Gasteiger partial charge in [0, 0.05) is 31.1 Å². The zero-order valence-electron chi connectivity index (χ0n) is 17.8. The third-order valence-corrected chi connectivity index (χ3v) is 6.90. The fourth-order valence-electron chi connectivity index (χ4n) is 3.03. The van der Waals surface area contributed by atoms with E-state index in [-0.39, 0.29) is 34.7 Å². The van der Waals surface area contributed by atoms with E-state index in [2.05, 4.69) is 0 Å². The summed E-state index contributed by atoms with van der Waals surface area (Å²) in [6.07, 6.45) is 0.322. The number of nitro groups is 1. The van der Waals surface area contributed by atoms with Crippen LogP contribution >= 0.6 is 0 Å². The van der Waals surface area contributed by atoms with E-state index in [0.717, 1.165) is 11.6 Å². The lowest BCUT2D eigenvalue weighted by molar-refractivity contribution is -0.385. The second-order valence-electron chi connectivity index (χ2n) is 6.86. The minimum Gasteiger partial charge on any atom is -0.461 e. The van der Waals surface area contributed by atoms with E-state index in [1.54, 1.807) is 26.0 Å². The number of rotatable bonds is 11. The molecule has 0 saturated heterocycles. The highest BCUT2D eigenvalue weighted by Gasteiger charge is 2.21. The van der Waals surface area contributed by atoms with Crippen LogP contribution < -0.4 is 5.73 Å².